The van der Waals surface area contributed by atoms with Crippen LogP contribution in [0.15, 0.2) is 42.6 Å². The van der Waals surface area contributed by atoms with Crippen LogP contribution in [0.3, 0.4) is 0 Å². The smallest absolute Gasteiger partial charge is 0.255 e. The monoisotopic (exact) mass is 365 g/mol. The summed E-state index contributed by atoms with van der Waals surface area (Å²) in [5.41, 5.74) is 1.68. The first-order valence-electron chi connectivity index (χ1n) is 9.93. The summed E-state index contributed by atoms with van der Waals surface area (Å²) >= 11 is 0. The zero-order chi connectivity index (χ0) is 18.6. The number of aromatic nitrogens is 1. The Morgan fingerprint density at radius 3 is 2.59 bits per heavy atom. The fourth-order valence-corrected chi connectivity index (χ4v) is 3.79. The molecule has 1 saturated carbocycles. The van der Waals surface area contributed by atoms with E-state index in [1.54, 1.807) is 12.3 Å². The van der Waals surface area contributed by atoms with Crippen molar-refractivity contribution < 1.29 is 9.53 Å². The minimum absolute atomic E-state index is 0.0698. The van der Waals surface area contributed by atoms with E-state index in [9.17, 15) is 4.79 Å². The Hall–Kier alpha value is -2.40. The van der Waals surface area contributed by atoms with Gasteiger partial charge < -0.3 is 9.64 Å². The Morgan fingerprint density at radius 1 is 1.04 bits per heavy atom. The molecule has 0 bridgehead atoms. The molecule has 142 valence electrons. The zero-order valence-electron chi connectivity index (χ0n) is 15.9. The molecule has 1 aromatic carbocycles. The van der Waals surface area contributed by atoms with E-state index in [2.05, 4.69) is 9.88 Å². The van der Waals surface area contributed by atoms with Gasteiger partial charge in [-0.2, -0.15) is 0 Å². The molecule has 2 aromatic rings. The molecule has 0 N–H and O–H groups in total. The SMILES string of the molecule is Cc1ccccc1Oc1ccc(C(=O)N2CCCN(C3CCC3)CC2)cn1. The first kappa shape index (κ1) is 18.0. The van der Waals surface area contributed by atoms with Crippen molar-refractivity contribution >= 4 is 5.91 Å². The van der Waals surface area contributed by atoms with Crippen LogP contribution in [0.4, 0.5) is 0 Å². The molecule has 1 saturated heterocycles. The van der Waals surface area contributed by atoms with Crippen LogP contribution < -0.4 is 4.74 Å². The third kappa shape index (κ3) is 4.14. The summed E-state index contributed by atoms with van der Waals surface area (Å²) < 4.78 is 5.83. The van der Waals surface area contributed by atoms with E-state index >= 15 is 0 Å². The first-order chi connectivity index (χ1) is 13.2. The summed E-state index contributed by atoms with van der Waals surface area (Å²) in [5, 5.41) is 0. The number of ether oxygens (including phenoxy) is 1. The molecule has 2 fully saturated rings. The minimum Gasteiger partial charge on any atom is -0.439 e. The number of pyridine rings is 1. The number of hydrogen-bond acceptors (Lipinski definition) is 4. The van der Waals surface area contributed by atoms with Gasteiger partial charge in [0.1, 0.15) is 5.75 Å². The molecule has 1 aromatic heterocycles. The van der Waals surface area contributed by atoms with Crippen LogP contribution in [-0.4, -0.2) is 52.9 Å². The fourth-order valence-electron chi connectivity index (χ4n) is 3.79. The second-order valence-corrected chi connectivity index (χ2v) is 7.52. The van der Waals surface area contributed by atoms with Crippen molar-refractivity contribution in [1.29, 1.82) is 0 Å². The molecule has 1 aliphatic carbocycles. The van der Waals surface area contributed by atoms with Gasteiger partial charge in [-0.1, -0.05) is 24.6 Å². The first-order valence-corrected chi connectivity index (χ1v) is 9.93. The Labute approximate surface area is 161 Å². The zero-order valence-corrected chi connectivity index (χ0v) is 15.9. The van der Waals surface area contributed by atoms with Crippen LogP contribution in [0.2, 0.25) is 0 Å². The fraction of sp³-hybridized carbons (Fsp3) is 0.455. The molecule has 27 heavy (non-hydrogen) atoms. The van der Waals surface area contributed by atoms with E-state index in [0.29, 0.717) is 11.4 Å². The maximum atomic E-state index is 12.9. The maximum Gasteiger partial charge on any atom is 0.255 e. The molecular formula is C22H27N3O2. The lowest BCUT2D eigenvalue weighted by atomic mass is 9.91. The molecule has 1 aliphatic heterocycles. The highest BCUT2D eigenvalue weighted by molar-refractivity contribution is 5.94. The molecule has 1 amide bonds. The van der Waals surface area contributed by atoms with Crippen LogP contribution in [0.5, 0.6) is 11.6 Å². The third-order valence-corrected chi connectivity index (χ3v) is 5.70. The number of hydrogen-bond donors (Lipinski definition) is 0. The number of para-hydroxylation sites is 1. The van der Waals surface area contributed by atoms with Gasteiger partial charge in [-0.25, -0.2) is 4.98 Å². The summed E-state index contributed by atoms with van der Waals surface area (Å²) in [6.45, 7) is 5.72. The predicted molar refractivity (Wildman–Crippen MR) is 105 cm³/mol. The van der Waals surface area contributed by atoms with Crippen molar-refractivity contribution in [3.8, 4) is 11.6 Å². The molecule has 0 unspecified atom stereocenters. The van der Waals surface area contributed by atoms with Crippen LogP contribution in [0.25, 0.3) is 0 Å². The van der Waals surface area contributed by atoms with Gasteiger partial charge >= 0.3 is 0 Å². The average molecular weight is 365 g/mol. The summed E-state index contributed by atoms with van der Waals surface area (Å²) in [7, 11) is 0. The van der Waals surface area contributed by atoms with Crippen LogP contribution >= 0.6 is 0 Å². The lowest BCUT2D eigenvalue weighted by Crippen LogP contribution is -2.42. The second kappa shape index (κ2) is 8.09. The van der Waals surface area contributed by atoms with Crippen molar-refractivity contribution in [2.75, 3.05) is 26.2 Å². The lowest BCUT2D eigenvalue weighted by molar-refractivity contribution is 0.0749. The number of aryl methyl sites for hydroxylation is 1. The van der Waals surface area contributed by atoms with Gasteiger partial charge in [0.25, 0.3) is 5.91 Å². The highest BCUT2D eigenvalue weighted by Gasteiger charge is 2.28. The molecule has 0 radical (unpaired) electrons. The van der Waals surface area contributed by atoms with Crippen molar-refractivity contribution in [2.24, 2.45) is 0 Å². The van der Waals surface area contributed by atoms with E-state index < -0.39 is 0 Å². The third-order valence-electron chi connectivity index (χ3n) is 5.70. The topological polar surface area (TPSA) is 45.7 Å². The number of rotatable bonds is 4. The van der Waals surface area contributed by atoms with Gasteiger partial charge in [0.2, 0.25) is 5.88 Å². The highest BCUT2D eigenvalue weighted by atomic mass is 16.5. The number of carbonyl (C=O) groups is 1. The molecule has 2 heterocycles. The number of amides is 1. The normalized spacial score (nSPS) is 18.6. The Balaban J connectivity index is 1.38. The van der Waals surface area contributed by atoms with Crippen molar-refractivity contribution in [2.45, 2.75) is 38.6 Å². The standard InChI is InChI=1S/C22H27N3O2/c1-17-6-2-3-9-20(17)27-21-11-10-18(16-23-21)22(26)25-13-5-12-24(14-15-25)19-7-4-8-19/h2-3,6,9-11,16,19H,4-5,7-8,12-15H2,1H3. The predicted octanol–water partition coefficient (Wildman–Crippen LogP) is 3.88. The largest absolute Gasteiger partial charge is 0.439 e. The van der Waals surface area contributed by atoms with Crippen LogP contribution in [0, 0.1) is 6.92 Å². The molecule has 2 aliphatic rings. The van der Waals surface area contributed by atoms with Gasteiger partial charge in [-0.3, -0.25) is 9.69 Å². The Bertz CT molecular complexity index is 786. The summed E-state index contributed by atoms with van der Waals surface area (Å²) in [5.74, 6) is 1.36. The number of carbonyl (C=O) groups excluding carboxylic acids is 1. The Morgan fingerprint density at radius 2 is 1.89 bits per heavy atom. The quantitative estimate of drug-likeness (QED) is 0.825. The van der Waals surface area contributed by atoms with E-state index in [0.717, 1.165) is 50.0 Å². The minimum atomic E-state index is 0.0698. The number of benzene rings is 1. The molecule has 5 nitrogen and oxygen atoms in total. The van der Waals surface area contributed by atoms with Gasteiger partial charge in [0.15, 0.2) is 0 Å². The Kier molecular flexibility index (Phi) is 5.39. The molecular weight excluding hydrogens is 338 g/mol. The number of nitrogens with zero attached hydrogens (tertiary/aromatic N) is 3. The summed E-state index contributed by atoms with van der Waals surface area (Å²) in [6, 6.07) is 12.2. The molecule has 4 rings (SSSR count). The van der Waals surface area contributed by atoms with Crippen LogP contribution in [0.1, 0.15) is 41.6 Å². The van der Waals surface area contributed by atoms with E-state index in [1.807, 2.05) is 42.2 Å². The summed E-state index contributed by atoms with van der Waals surface area (Å²) in [6.07, 6.45) is 6.67. The molecule has 0 spiro atoms. The average Bonchev–Trinajstić information content (AvgIpc) is 2.88. The summed E-state index contributed by atoms with van der Waals surface area (Å²) in [4.78, 5) is 21.7. The van der Waals surface area contributed by atoms with Gasteiger partial charge in [0.05, 0.1) is 5.56 Å². The maximum absolute atomic E-state index is 12.9. The van der Waals surface area contributed by atoms with Crippen molar-refractivity contribution in [1.82, 2.24) is 14.8 Å². The highest BCUT2D eigenvalue weighted by Crippen LogP contribution is 2.26. The van der Waals surface area contributed by atoms with Crippen LogP contribution in [-0.2, 0) is 0 Å². The van der Waals surface area contributed by atoms with E-state index in [-0.39, 0.29) is 5.91 Å². The van der Waals surface area contributed by atoms with Gasteiger partial charge in [-0.15, -0.1) is 0 Å². The lowest BCUT2D eigenvalue weighted by Gasteiger charge is -2.36. The van der Waals surface area contributed by atoms with Crippen molar-refractivity contribution in [3.05, 3.63) is 53.7 Å². The second-order valence-electron chi connectivity index (χ2n) is 7.52. The molecule has 0 atom stereocenters. The van der Waals surface area contributed by atoms with E-state index in [1.165, 1.54) is 19.3 Å². The van der Waals surface area contributed by atoms with Gasteiger partial charge in [-0.05, 0) is 43.9 Å². The van der Waals surface area contributed by atoms with E-state index in [4.69, 9.17) is 4.74 Å². The van der Waals surface area contributed by atoms with Crippen molar-refractivity contribution in [3.63, 3.8) is 0 Å². The van der Waals surface area contributed by atoms with Gasteiger partial charge in [0, 0.05) is 44.5 Å². The molecule has 5 heteroatoms.